The van der Waals surface area contributed by atoms with Gasteiger partial charge in [-0.3, -0.25) is 4.99 Å². The molecule has 0 saturated carbocycles. The van der Waals surface area contributed by atoms with Gasteiger partial charge in [-0.2, -0.15) is 0 Å². The van der Waals surface area contributed by atoms with E-state index in [2.05, 4.69) is 15.5 Å². The van der Waals surface area contributed by atoms with Crippen molar-refractivity contribution in [3.63, 3.8) is 0 Å². The number of ether oxygens (including phenoxy) is 1. The van der Waals surface area contributed by atoms with Crippen molar-refractivity contribution in [3.05, 3.63) is 58.0 Å². The van der Waals surface area contributed by atoms with Crippen molar-refractivity contribution >= 4 is 29.0 Å². The lowest BCUT2D eigenvalue weighted by atomic mass is 9.97. The molecule has 0 amide bonds. The van der Waals surface area contributed by atoms with Crippen molar-refractivity contribution in [2.45, 2.75) is 32.1 Å². The van der Waals surface area contributed by atoms with Gasteiger partial charge in [-0.25, -0.2) is 9.37 Å². The highest BCUT2D eigenvalue weighted by atomic mass is 35.5. The zero-order valence-corrected chi connectivity index (χ0v) is 17.3. The molecule has 1 fully saturated rings. The Kier molecular flexibility index (Phi) is 6.59. The number of rotatable bonds is 6. The maximum Gasteiger partial charge on any atom is 0.141 e. The number of fused-ring (bicyclic) bond motifs is 1. The molecule has 0 bridgehead atoms. The summed E-state index contributed by atoms with van der Waals surface area (Å²) in [5.74, 6) is 1.81. The van der Waals surface area contributed by atoms with E-state index in [4.69, 9.17) is 21.3 Å². The number of aliphatic imine (C=N–C) groups is 1. The van der Waals surface area contributed by atoms with Crippen molar-refractivity contribution in [3.8, 4) is 0 Å². The summed E-state index contributed by atoms with van der Waals surface area (Å²) in [5.41, 5.74) is 2.98. The molecule has 0 radical (unpaired) electrons. The first-order valence-corrected chi connectivity index (χ1v) is 10.5. The second-order valence-corrected chi connectivity index (χ2v) is 8.04. The van der Waals surface area contributed by atoms with Crippen LogP contribution in [0.25, 0.3) is 0 Å². The van der Waals surface area contributed by atoms with E-state index >= 15 is 0 Å². The first-order valence-electron chi connectivity index (χ1n) is 10.1. The largest absolute Gasteiger partial charge is 0.411 e. The second-order valence-electron chi connectivity index (χ2n) is 7.63. The fourth-order valence-electron chi connectivity index (χ4n) is 3.94. The van der Waals surface area contributed by atoms with Crippen LogP contribution >= 0.6 is 11.6 Å². The number of oxime groups is 1. The third-order valence-electron chi connectivity index (χ3n) is 5.63. The van der Waals surface area contributed by atoms with E-state index in [0.717, 1.165) is 67.4 Å². The molecule has 0 spiro atoms. The number of anilines is 1. The van der Waals surface area contributed by atoms with E-state index in [1.807, 2.05) is 6.07 Å². The number of nitrogens with zero attached hydrogens (tertiary/aromatic N) is 3. The maximum absolute atomic E-state index is 13.4. The average Bonchev–Trinajstić information content (AvgIpc) is 3.18. The van der Waals surface area contributed by atoms with Crippen LogP contribution in [-0.2, 0) is 17.6 Å². The monoisotopic (exact) mass is 430 g/mol. The van der Waals surface area contributed by atoms with Crippen molar-refractivity contribution in [2.24, 2.45) is 16.1 Å². The summed E-state index contributed by atoms with van der Waals surface area (Å²) >= 11 is 5.88. The number of hydrogen-bond acceptors (Lipinski definition) is 5. The molecule has 4 rings (SSSR count). The molecule has 8 heteroatoms. The molecular weight excluding hydrogens is 407 g/mol. The molecule has 30 heavy (non-hydrogen) atoms. The van der Waals surface area contributed by atoms with Crippen molar-refractivity contribution < 1.29 is 14.3 Å². The van der Waals surface area contributed by atoms with Gasteiger partial charge in [0.05, 0.1) is 10.7 Å². The Balaban J connectivity index is 1.46. The minimum Gasteiger partial charge on any atom is -0.411 e. The highest BCUT2D eigenvalue weighted by Crippen LogP contribution is 2.27. The molecule has 2 aliphatic rings. The van der Waals surface area contributed by atoms with Crippen LogP contribution in [0.15, 0.2) is 40.6 Å². The molecule has 0 atom stereocenters. The summed E-state index contributed by atoms with van der Waals surface area (Å²) in [4.78, 5) is 9.13. The summed E-state index contributed by atoms with van der Waals surface area (Å²) in [7, 11) is 0. The van der Waals surface area contributed by atoms with E-state index in [1.165, 1.54) is 6.07 Å². The number of aromatic nitrogens is 1. The summed E-state index contributed by atoms with van der Waals surface area (Å²) in [6, 6.07) is 6.32. The normalized spacial score (nSPS) is 18.5. The van der Waals surface area contributed by atoms with E-state index in [-0.39, 0.29) is 5.02 Å². The van der Waals surface area contributed by atoms with Crippen molar-refractivity contribution in [1.29, 1.82) is 0 Å². The quantitative estimate of drug-likeness (QED) is 0.402. The standard InChI is InChI=1S/C22H24ClFN4O2/c23-18-11-15(1-2-19(18)24)12-20(28-29)16-4-8-26-22-17(16)13-21(27-22)25-7-3-14-5-9-30-10-6-14/h1-2,4,8,11,14,29H,3,5-7,9-10,12-13H2,(H,25,26,27)/b28-20+. The van der Waals surface area contributed by atoms with Gasteiger partial charge in [0.15, 0.2) is 0 Å². The topological polar surface area (TPSA) is 79.1 Å². The summed E-state index contributed by atoms with van der Waals surface area (Å²) < 4.78 is 18.8. The third-order valence-corrected chi connectivity index (χ3v) is 5.92. The minimum atomic E-state index is -0.474. The smallest absolute Gasteiger partial charge is 0.141 e. The minimum absolute atomic E-state index is 0.0466. The van der Waals surface area contributed by atoms with Crippen molar-refractivity contribution in [2.75, 3.05) is 25.1 Å². The Labute approximate surface area is 179 Å². The molecule has 158 valence electrons. The van der Waals surface area contributed by atoms with Gasteiger partial charge in [-0.15, -0.1) is 0 Å². The highest BCUT2D eigenvalue weighted by molar-refractivity contribution is 6.30. The number of halogens is 2. The molecule has 1 aromatic heterocycles. The summed E-state index contributed by atoms with van der Waals surface area (Å²) in [5, 5.41) is 16.5. The van der Waals surface area contributed by atoms with Gasteiger partial charge in [-0.05, 0) is 48.9 Å². The predicted molar refractivity (Wildman–Crippen MR) is 115 cm³/mol. The lowest BCUT2D eigenvalue weighted by Crippen LogP contribution is -2.17. The molecule has 1 aromatic carbocycles. The van der Waals surface area contributed by atoms with Crippen LogP contribution in [0.1, 0.15) is 36.0 Å². The first-order chi connectivity index (χ1) is 14.6. The fraction of sp³-hybridized carbons (Fsp3) is 0.409. The van der Waals surface area contributed by atoms with Gasteiger partial charge in [0, 0.05) is 49.9 Å². The molecule has 2 N–H and O–H groups in total. The molecule has 2 aromatic rings. The zero-order valence-electron chi connectivity index (χ0n) is 16.6. The fourth-order valence-corrected chi connectivity index (χ4v) is 4.14. The van der Waals surface area contributed by atoms with Crippen molar-refractivity contribution in [1.82, 2.24) is 4.98 Å². The summed E-state index contributed by atoms with van der Waals surface area (Å²) in [6.45, 7) is 2.47. The molecule has 0 unspecified atom stereocenters. The molecule has 6 nitrogen and oxygen atoms in total. The predicted octanol–water partition coefficient (Wildman–Crippen LogP) is 4.48. The van der Waals surface area contributed by atoms with Crippen LogP contribution in [0, 0.1) is 11.7 Å². The van der Waals surface area contributed by atoms with Crippen LogP contribution in [-0.4, -0.2) is 41.5 Å². The number of pyridine rings is 1. The van der Waals surface area contributed by atoms with E-state index in [0.29, 0.717) is 24.5 Å². The third kappa shape index (κ3) is 4.79. The Morgan fingerprint density at radius 3 is 2.90 bits per heavy atom. The maximum atomic E-state index is 13.4. The SMILES string of the molecule is O/N=C(\Cc1ccc(F)c(Cl)c1)c1ccnc2c1CC(=NCCC1CCOCC1)N2. The van der Waals surface area contributed by atoms with Crippen LogP contribution in [0.3, 0.4) is 0 Å². The Bertz CT molecular complexity index is 974. The van der Waals surface area contributed by atoms with Gasteiger partial charge in [0.2, 0.25) is 0 Å². The Hall–Kier alpha value is -2.51. The van der Waals surface area contributed by atoms with E-state index in [1.54, 1.807) is 18.3 Å². The summed E-state index contributed by atoms with van der Waals surface area (Å²) in [6.07, 6.45) is 5.87. The molecule has 1 saturated heterocycles. The van der Waals surface area contributed by atoms with Gasteiger partial charge >= 0.3 is 0 Å². The van der Waals surface area contributed by atoms with Gasteiger partial charge in [0.1, 0.15) is 17.5 Å². The number of amidine groups is 1. The molecule has 3 heterocycles. The Morgan fingerprint density at radius 2 is 2.13 bits per heavy atom. The number of benzene rings is 1. The van der Waals surface area contributed by atoms with Crippen LogP contribution in [0.4, 0.5) is 10.2 Å². The lowest BCUT2D eigenvalue weighted by molar-refractivity contribution is 0.0647. The molecule has 0 aliphatic carbocycles. The van der Waals surface area contributed by atoms with Crippen LogP contribution < -0.4 is 5.32 Å². The van der Waals surface area contributed by atoms with Crippen LogP contribution in [0.2, 0.25) is 5.02 Å². The lowest BCUT2D eigenvalue weighted by Gasteiger charge is -2.20. The van der Waals surface area contributed by atoms with Gasteiger partial charge in [-0.1, -0.05) is 22.8 Å². The van der Waals surface area contributed by atoms with Gasteiger partial charge in [0.25, 0.3) is 0 Å². The van der Waals surface area contributed by atoms with Crippen LogP contribution in [0.5, 0.6) is 0 Å². The van der Waals surface area contributed by atoms with Gasteiger partial charge < -0.3 is 15.3 Å². The number of nitrogens with one attached hydrogen (secondary N) is 1. The van der Waals surface area contributed by atoms with E-state index < -0.39 is 5.82 Å². The molecule has 2 aliphatic heterocycles. The molecular formula is C22H24ClFN4O2. The second kappa shape index (κ2) is 9.53. The highest BCUT2D eigenvalue weighted by Gasteiger charge is 2.23. The first kappa shape index (κ1) is 20.8. The average molecular weight is 431 g/mol. The Morgan fingerprint density at radius 1 is 1.30 bits per heavy atom. The number of hydrogen-bond donors (Lipinski definition) is 2. The van der Waals surface area contributed by atoms with E-state index in [9.17, 15) is 9.60 Å². The zero-order chi connectivity index (χ0) is 20.9.